The topological polar surface area (TPSA) is 35.2 Å². The van der Waals surface area contributed by atoms with Crippen molar-refractivity contribution in [3.8, 4) is 0 Å². The lowest BCUT2D eigenvalue weighted by molar-refractivity contribution is 0.0446. The van der Waals surface area contributed by atoms with E-state index in [4.69, 9.17) is 10.5 Å². The maximum Gasteiger partial charge on any atom is 0.0764 e. The summed E-state index contributed by atoms with van der Waals surface area (Å²) < 4.78 is 5.80. The molecule has 2 N–H and O–H groups in total. The van der Waals surface area contributed by atoms with Gasteiger partial charge >= 0.3 is 0 Å². The number of allylic oxidation sites excluding steroid dienone is 1. The Morgan fingerprint density at radius 2 is 2.00 bits per heavy atom. The zero-order valence-corrected chi connectivity index (χ0v) is 11.6. The Hall–Kier alpha value is -0.340. The second kappa shape index (κ2) is 8.71. The SMILES string of the molecule is CCCC(OCC)C(N)C1=CCCCCCC1. The zero-order valence-electron chi connectivity index (χ0n) is 11.6. The van der Waals surface area contributed by atoms with Crippen LogP contribution in [0.1, 0.15) is 65.2 Å². The van der Waals surface area contributed by atoms with Gasteiger partial charge in [0.2, 0.25) is 0 Å². The minimum absolute atomic E-state index is 0.119. The summed E-state index contributed by atoms with van der Waals surface area (Å²) in [5.74, 6) is 0. The summed E-state index contributed by atoms with van der Waals surface area (Å²) in [6.45, 7) is 5.03. The van der Waals surface area contributed by atoms with E-state index in [2.05, 4.69) is 19.9 Å². The maximum absolute atomic E-state index is 6.39. The number of ether oxygens (including phenoxy) is 1. The maximum atomic E-state index is 6.39. The molecule has 0 saturated carbocycles. The molecule has 2 atom stereocenters. The smallest absolute Gasteiger partial charge is 0.0764 e. The van der Waals surface area contributed by atoms with Crippen LogP contribution in [-0.2, 0) is 4.74 Å². The van der Waals surface area contributed by atoms with Crippen LogP contribution < -0.4 is 5.73 Å². The molecule has 0 spiro atoms. The van der Waals surface area contributed by atoms with Crippen LogP contribution in [0.4, 0.5) is 0 Å². The van der Waals surface area contributed by atoms with Crippen LogP contribution >= 0.6 is 0 Å². The lowest BCUT2D eigenvalue weighted by Gasteiger charge is -2.27. The molecule has 0 aliphatic heterocycles. The van der Waals surface area contributed by atoms with E-state index in [0.717, 1.165) is 19.4 Å². The first-order valence-corrected chi connectivity index (χ1v) is 7.35. The van der Waals surface area contributed by atoms with E-state index in [9.17, 15) is 0 Å². The van der Waals surface area contributed by atoms with Gasteiger partial charge in [0.05, 0.1) is 12.1 Å². The summed E-state index contributed by atoms with van der Waals surface area (Å²) in [5.41, 5.74) is 7.83. The molecule has 0 saturated heterocycles. The van der Waals surface area contributed by atoms with Gasteiger partial charge in [0.1, 0.15) is 0 Å². The highest BCUT2D eigenvalue weighted by atomic mass is 16.5. The van der Waals surface area contributed by atoms with Gasteiger partial charge in [-0.2, -0.15) is 0 Å². The van der Waals surface area contributed by atoms with Crippen molar-refractivity contribution in [1.29, 1.82) is 0 Å². The Bertz CT molecular complexity index is 219. The van der Waals surface area contributed by atoms with Gasteiger partial charge in [-0.05, 0) is 39.0 Å². The van der Waals surface area contributed by atoms with Gasteiger partial charge < -0.3 is 10.5 Å². The zero-order chi connectivity index (χ0) is 12.5. The highest BCUT2D eigenvalue weighted by molar-refractivity contribution is 5.13. The van der Waals surface area contributed by atoms with Crippen LogP contribution in [0.15, 0.2) is 11.6 Å². The molecule has 0 radical (unpaired) electrons. The van der Waals surface area contributed by atoms with Crippen molar-refractivity contribution in [1.82, 2.24) is 0 Å². The van der Waals surface area contributed by atoms with Crippen LogP contribution in [0.25, 0.3) is 0 Å². The molecule has 0 heterocycles. The molecule has 2 unspecified atom stereocenters. The minimum atomic E-state index is 0.119. The third-order valence-electron chi connectivity index (χ3n) is 3.61. The van der Waals surface area contributed by atoms with Crippen LogP contribution in [0.3, 0.4) is 0 Å². The average Bonchev–Trinajstić information content (AvgIpc) is 2.27. The normalized spacial score (nSPS) is 21.2. The fraction of sp³-hybridized carbons (Fsp3) is 0.867. The third-order valence-corrected chi connectivity index (χ3v) is 3.61. The van der Waals surface area contributed by atoms with Crippen molar-refractivity contribution in [3.63, 3.8) is 0 Å². The Morgan fingerprint density at radius 3 is 2.71 bits per heavy atom. The van der Waals surface area contributed by atoms with E-state index >= 15 is 0 Å². The largest absolute Gasteiger partial charge is 0.377 e. The standard InChI is InChI=1S/C15H29NO/c1-3-10-14(17-4-2)15(16)13-11-8-6-5-7-9-12-13/h11,14-15H,3-10,12,16H2,1-2H3. The van der Waals surface area contributed by atoms with Crippen molar-refractivity contribution in [2.24, 2.45) is 5.73 Å². The fourth-order valence-electron chi connectivity index (χ4n) is 2.62. The molecule has 100 valence electrons. The average molecular weight is 239 g/mol. The van der Waals surface area contributed by atoms with Crippen molar-refractivity contribution in [2.75, 3.05) is 6.61 Å². The summed E-state index contributed by atoms with van der Waals surface area (Å²) in [7, 11) is 0. The molecule has 0 aromatic heterocycles. The Balaban J connectivity index is 2.58. The van der Waals surface area contributed by atoms with Gasteiger partial charge in [0, 0.05) is 6.61 Å². The van der Waals surface area contributed by atoms with Gasteiger partial charge in [-0.1, -0.05) is 37.8 Å². The Labute approximate surface area is 107 Å². The van der Waals surface area contributed by atoms with E-state index < -0.39 is 0 Å². The van der Waals surface area contributed by atoms with E-state index in [-0.39, 0.29) is 12.1 Å². The summed E-state index contributed by atoms with van der Waals surface area (Å²) in [4.78, 5) is 0. The highest BCUT2D eigenvalue weighted by Crippen LogP contribution is 2.22. The number of hydrogen-bond acceptors (Lipinski definition) is 2. The summed E-state index contributed by atoms with van der Waals surface area (Å²) >= 11 is 0. The predicted molar refractivity (Wildman–Crippen MR) is 74.1 cm³/mol. The quantitative estimate of drug-likeness (QED) is 0.716. The van der Waals surface area contributed by atoms with Crippen LogP contribution in [0.5, 0.6) is 0 Å². The first kappa shape index (κ1) is 14.7. The van der Waals surface area contributed by atoms with Gasteiger partial charge in [-0.3, -0.25) is 0 Å². The van der Waals surface area contributed by atoms with Crippen LogP contribution in [-0.4, -0.2) is 18.8 Å². The Kier molecular flexibility index (Phi) is 7.54. The monoisotopic (exact) mass is 239 g/mol. The first-order chi connectivity index (χ1) is 8.29. The number of hydrogen-bond donors (Lipinski definition) is 1. The van der Waals surface area contributed by atoms with E-state index in [1.165, 1.54) is 44.1 Å². The molecule has 17 heavy (non-hydrogen) atoms. The molecule has 1 aliphatic rings. The lowest BCUT2D eigenvalue weighted by atomic mass is 9.91. The second-order valence-electron chi connectivity index (χ2n) is 5.04. The van der Waals surface area contributed by atoms with Crippen LogP contribution in [0, 0.1) is 0 Å². The van der Waals surface area contributed by atoms with Crippen molar-refractivity contribution in [2.45, 2.75) is 77.4 Å². The summed E-state index contributed by atoms with van der Waals surface area (Å²) in [6.07, 6.45) is 12.6. The molecule has 2 heteroatoms. The fourth-order valence-corrected chi connectivity index (χ4v) is 2.62. The Morgan fingerprint density at radius 1 is 1.24 bits per heavy atom. The van der Waals surface area contributed by atoms with Gasteiger partial charge in [-0.15, -0.1) is 0 Å². The van der Waals surface area contributed by atoms with Crippen molar-refractivity contribution in [3.05, 3.63) is 11.6 Å². The van der Waals surface area contributed by atoms with Crippen LogP contribution in [0.2, 0.25) is 0 Å². The second-order valence-corrected chi connectivity index (χ2v) is 5.04. The molecular formula is C15H29NO. The van der Waals surface area contributed by atoms with E-state index in [0.29, 0.717) is 0 Å². The van der Waals surface area contributed by atoms with E-state index in [1.807, 2.05) is 0 Å². The van der Waals surface area contributed by atoms with E-state index in [1.54, 1.807) is 0 Å². The molecule has 0 aromatic rings. The van der Waals surface area contributed by atoms with Crippen molar-refractivity contribution < 1.29 is 4.74 Å². The third kappa shape index (κ3) is 5.22. The molecule has 2 nitrogen and oxygen atoms in total. The molecule has 0 amide bonds. The summed E-state index contributed by atoms with van der Waals surface area (Å²) in [6, 6.07) is 0.119. The number of nitrogens with two attached hydrogens (primary N) is 1. The summed E-state index contributed by atoms with van der Waals surface area (Å²) in [5, 5.41) is 0. The van der Waals surface area contributed by atoms with Crippen molar-refractivity contribution >= 4 is 0 Å². The lowest BCUT2D eigenvalue weighted by Crippen LogP contribution is -2.38. The van der Waals surface area contributed by atoms with Gasteiger partial charge in [0.15, 0.2) is 0 Å². The highest BCUT2D eigenvalue weighted by Gasteiger charge is 2.21. The predicted octanol–water partition coefficient (Wildman–Crippen LogP) is 3.80. The minimum Gasteiger partial charge on any atom is -0.377 e. The number of rotatable bonds is 6. The molecule has 0 bridgehead atoms. The molecular weight excluding hydrogens is 210 g/mol. The molecule has 1 aliphatic carbocycles. The molecule has 0 fully saturated rings. The van der Waals surface area contributed by atoms with Gasteiger partial charge in [-0.25, -0.2) is 0 Å². The molecule has 0 aromatic carbocycles. The first-order valence-electron chi connectivity index (χ1n) is 7.35. The van der Waals surface area contributed by atoms with Gasteiger partial charge in [0.25, 0.3) is 0 Å². The molecule has 1 rings (SSSR count).